The van der Waals surface area contributed by atoms with E-state index in [1.54, 1.807) is 25.1 Å². The monoisotopic (exact) mass is 385 g/mol. The first-order valence-corrected chi connectivity index (χ1v) is 7.68. The molecule has 1 amide bonds. The lowest BCUT2D eigenvalue weighted by Gasteiger charge is -2.24. The molecule has 2 aromatic rings. The van der Waals surface area contributed by atoms with E-state index in [9.17, 15) is 14.3 Å². The number of benzene rings is 2. The van der Waals surface area contributed by atoms with E-state index in [2.05, 4.69) is 21.2 Å². The summed E-state index contributed by atoms with van der Waals surface area (Å²) in [4.78, 5) is 12.2. The summed E-state index contributed by atoms with van der Waals surface area (Å²) in [5.74, 6) is -0.779. The Morgan fingerprint density at radius 3 is 2.59 bits per heavy atom. The lowest BCUT2D eigenvalue weighted by molar-refractivity contribution is 0.0526. The number of aliphatic hydroxyl groups is 1. The minimum absolute atomic E-state index is 0.0275. The van der Waals surface area contributed by atoms with E-state index >= 15 is 0 Å². The fourth-order valence-corrected chi connectivity index (χ4v) is 2.49. The Labute approximate surface area is 141 Å². The molecule has 0 radical (unpaired) electrons. The van der Waals surface area contributed by atoms with Crippen LogP contribution in [0, 0.1) is 5.82 Å². The molecule has 1 unspecified atom stereocenters. The third kappa shape index (κ3) is 4.06. The molecule has 6 heteroatoms. The van der Waals surface area contributed by atoms with Crippen molar-refractivity contribution in [1.29, 1.82) is 0 Å². The Morgan fingerprint density at radius 2 is 1.95 bits per heavy atom. The summed E-state index contributed by atoms with van der Waals surface area (Å²) in [6.45, 7) is 1.52. The molecule has 0 heterocycles. The molecule has 0 aliphatic carbocycles. The maximum atomic E-state index is 12.9. The number of hydrogen-bond donors (Lipinski definition) is 2. The van der Waals surface area contributed by atoms with Gasteiger partial charge in [-0.1, -0.05) is 39.7 Å². The number of hydrogen-bond acceptors (Lipinski definition) is 2. The van der Waals surface area contributed by atoms with E-state index < -0.39 is 11.5 Å². The Kier molecular flexibility index (Phi) is 5.21. The van der Waals surface area contributed by atoms with Crippen molar-refractivity contribution in [2.75, 3.05) is 6.54 Å². The predicted octanol–water partition coefficient (Wildman–Crippen LogP) is 3.88. The summed E-state index contributed by atoms with van der Waals surface area (Å²) in [6, 6.07) is 10.4. The van der Waals surface area contributed by atoms with Crippen LogP contribution in [0.5, 0.6) is 0 Å². The highest BCUT2D eigenvalue weighted by molar-refractivity contribution is 9.10. The van der Waals surface area contributed by atoms with Crippen molar-refractivity contribution in [2.24, 2.45) is 0 Å². The molecule has 0 saturated heterocycles. The fraction of sp³-hybridized carbons (Fsp3) is 0.188. The van der Waals surface area contributed by atoms with Crippen LogP contribution < -0.4 is 5.32 Å². The van der Waals surface area contributed by atoms with Crippen molar-refractivity contribution in [3.05, 3.63) is 68.9 Å². The van der Waals surface area contributed by atoms with Gasteiger partial charge in [-0.15, -0.1) is 0 Å². The lowest BCUT2D eigenvalue weighted by atomic mass is 9.96. The highest BCUT2D eigenvalue weighted by atomic mass is 79.9. The second-order valence-electron chi connectivity index (χ2n) is 5.09. The molecule has 2 N–H and O–H groups in total. The molecule has 0 saturated carbocycles. The van der Waals surface area contributed by atoms with Crippen LogP contribution in [0.1, 0.15) is 22.8 Å². The zero-order valence-corrected chi connectivity index (χ0v) is 14.1. The number of halogens is 3. The van der Waals surface area contributed by atoms with E-state index in [1.165, 1.54) is 24.3 Å². The molecule has 3 nitrogen and oxygen atoms in total. The van der Waals surface area contributed by atoms with Crippen molar-refractivity contribution in [3.63, 3.8) is 0 Å². The SMILES string of the molecule is CC(O)(CNC(=O)c1cc(Br)ccc1Cl)c1ccc(F)cc1. The summed E-state index contributed by atoms with van der Waals surface area (Å²) in [6.07, 6.45) is 0. The van der Waals surface area contributed by atoms with Crippen LogP contribution in [0.4, 0.5) is 4.39 Å². The van der Waals surface area contributed by atoms with Gasteiger partial charge < -0.3 is 10.4 Å². The molecule has 1 atom stereocenters. The molecule has 0 spiro atoms. The zero-order chi connectivity index (χ0) is 16.3. The standard InChI is InChI=1S/C16H14BrClFNO2/c1-16(22,10-2-5-12(19)6-3-10)9-20-15(21)13-8-11(17)4-7-14(13)18/h2-8,22H,9H2,1H3,(H,20,21). The number of carbonyl (C=O) groups excluding carboxylic acids is 1. The maximum Gasteiger partial charge on any atom is 0.252 e. The molecule has 116 valence electrons. The highest BCUT2D eigenvalue weighted by Crippen LogP contribution is 2.23. The maximum absolute atomic E-state index is 12.9. The van der Waals surface area contributed by atoms with E-state index in [1.807, 2.05) is 0 Å². The third-order valence-electron chi connectivity index (χ3n) is 3.23. The van der Waals surface area contributed by atoms with Gasteiger partial charge in [-0.25, -0.2) is 4.39 Å². The first-order chi connectivity index (χ1) is 10.3. The van der Waals surface area contributed by atoms with Crippen molar-refractivity contribution < 1.29 is 14.3 Å². The normalized spacial score (nSPS) is 13.5. The first kappa shape index (κ1) is 16.9. The van der Waals surface area contributed by atoms with Gasteiger partial charge in [-0.2, -0.15) is 0 Å². The average molecular weight is 387 g/mol. The van der Waals surface area contributed by atoms with Gasteiger partial charge in [-0.3, -0.25) is 4.79 Å². The lowest BCUT2D eigenvalue weighted by Crippen LogP contribution is -2.38. The van der Waals surface area contributed by atoms with Crippen LogP contribution in [0.25, 0.3) is 0 Å². The third-order valence-corrected chi connectivity index (χ3v) is 4.06. The summed E-state index contributed by atoms with van der Waals surface area (Å²) in [7, 11) is 0. The average Bonchev–Trinajstić information content (AvgIpc) is 2.48. The van der Waals surface area contributed by atoms with Gasteiger partial charge in [0.15, 0.2) is 0 Å². The predicted molar refractivity (Wildman–Crippen MR) is 87.5 cm³/mol. The van der Waals surface area contributed by atoms with Crippen LogP contribution in [0.15, 0.2) is 46.9 Å². The highest BCUT2D eigenvalue weighted by Gasteiger charge is 2.24. The Balaban J connectivity index is 2.09. The van der Waals surface area contributed by atoms with Gasteiger partial charge in [0.2, 0.25) is 0 Å². The Bertz CT molecular complexity index is 689. The minimum atomic E-state index is -1.32. The smallest absolute Gasteiger partial charge is 0.252 e. The minimum Gasteiger partial charge on any atom is -0.384 e. The van der Waals surface area contributed by atoms with Crippen molar-refractivity contribution >= 4 is 33.4 Å². The van der Waals surface area contributed by atoms with Crippen LogP contribution in [-0.2, 0) is 5.60 Å². The van der Waals surface area contributed by atoms with Gasteiger partial charge in [-0.05, 0) is 42.8 Å². The van der Waals surface area contributed by atoms with Crippen molar-refractivity contribution in [3.8, 4) is 0 Å². The van der Waals surface area contributed by atoms with Crippen LogP contribution in [-0.4, -0.2) is 17.6 Å². The molecule has 0 fully saturated rings. The number of rotatable bonds is 4. The fourth-order valence-electron chi connectivity index (χ4n) is 1.93. The number of nitrogens with one attached hydrogen (secondary N) is 1. The van der Waals surface area contributed by atoms with E-state index in [-0.39, 0.29) is 12.4 Å². The molecular weight excluding hydrogens is 373 g/mol. The second kappa shape index (κ2) is 6.77. The molecule has 2 aromatic carbocycles. The van der Waals surface area contributed by atoms with Gasteiger partial charge in [0, 0.05) is 4.47 Å². The first-order valence-electron chi connectivity index (χ1n) is 6.51. The largest absolute Gasteiger partial charge is 0.384 e. The summed E-state index contributed by atoms with van der Waals surface area (Å²) < 4.78 is 13.7. The molecule has 0 bridgehead atoms. The summed E-state index contributed by atoms with van der Waals surface area (Å²) in [5.41, 5.74) is -0.498. The summed E-state index contributed by atoms with van der Waals surface area (Å²) in [5, 5.41) is 13.4. The molecule has 22 heavy (non-hydrogen) atoms. The van der Waals surface area contributed by atoms with Gasteiger partial charge in [0.1, 0.15) is 11.4 Å². The van der Waals surface area contributed by atoms with Gasteiger partial charge >= 0.3 is 0 Å². The zero-order valence-electron chi connectivity index (χ0n) is 11.7. The Morgan fingerprint density at radius 1 is 1.32 bits per heavy atom. The number of carbonyl (C=O) groups is 1. The van der Waals surface area contributed by atoms with Crippen LogP contribution in [0.3, 0.4) is 0 Å². The molecular formula is C16H14BrClFNO2. The number of amides is 1. The molecule has 0 aromatic heterocycles. The van der Waals surface area contributed by atoms with Crippen molar-refractivity contribution in [2.45, 2.75) is 12.5 Å². The van der Waals surface area contributed by atoms with E-state index in [0.29, 0.717) is 16.1 Å². The van der Waals surface area contributed by atoms with Gasteiger partial charge in [0.05, 0.1) is 17.1 Å². The quantitative estimate of drug-likeness (QED) is 0.838. The second-order valence-corrected chi connectivity index (χ2v) is 6.41. The molecule has 2 rings (SSSR count). The molecule has 0 aliphatic rings. The summed E-state index contributed by atoms with van der Waals surface area (Å²) >= 11 is 9.26. The van der Waals surface area contributed by atoms with E-state index in [0.717, 1.165) is 4.47 Å². The van der Waals surface area contributed by atoms with Gasteiger partial charge in [0.25, 0.3) is 5.91 Å². The Hall–Kier alpha value is -1.43. The van der Waals surface area contributed by atoms with Crippen molar-refractivity contribution in [1.82, 2.24) is 5.32 Å². The van der Waals surface area contributed by atoms with E-state index in [4.69, 9.17) is 11.6 Å². The van der Waals surface area contributed by atoms with Crippen LogP contribution in [0.2, 0.25) is 5.02 Å². The molecule has 0 aliphatic heterocycles. The van der Waals surface area contributed by atoms with Crippen LogP contribution >= 0.6 is 27.5 Å². The topological polar surface area (TPSA) is 49.3 Å².